The molecule has 2 unspecified atom stereocenters. The van der Waals surface area contributed by atoms with E-state index in [1.54, 1.807) is 31.2 Å². The fraction of sp³-hybridized carbons (Fsp3) is 0.364. The standard InChI is InChI=1S/C11H14O4/c1-7(15-2)8-5-3-4-6-9(8)10(12)11(13)14/h3-7,10,12H,1-2H3,(H,13,14). The number of methoxy groups -OCH3 is 1. The lowest BCUT2D eigenvalue weighted by atomic mass is 9.99. The van der Waals surface area contributed by atoms with Gasteiger partial charge >= 0.3 is 5.97 Å². The summed E-state index contributed by atoms with van der Waals surface area (Å²) in [6, 6.07) is 6.80. The molecule has 2 atom stereocenters. The number of aliphatic carboxylic acids is 1. The van der Waals surface area contributed by atoms with Gasteiger partial charge in [-0.2, -0.15) is 0 Å². The Bertz CT molecular complexity index is 348. The molecule has 0 amide bonds. The third kappa shape index (κ3) is 2.55. The highest BCUT2D eigenvalue weighted by atomic mass is 16.5. The number of rotatable bonds is 4. The Morgan fingerprint density at radius 2 is 1.87 bits per heavy atom. The summed E-state index contributed by atoms with van der Waals surface area (Å²) >= 11 is 0. The molecular weight excluding hydrogens is 196 g/mol. The highest BCUT2D eigenvalue weighted by Crippen LogP contribution is 2.25. The lowest BCUT2D eigenvalue weighted by Gasteiger charge is -2.16. The maximum atomic E-state index is 10.7. The predicted octanol–water partition coefficient (Wildman–Crippen LogP) is 1.51. The number of ether oxygens (including phenoxy) is 1. The predicted molar refractivity (Wildman–Crippen MR) is 54.5 cm³/mol. The van der Waals surface area contributed by atoms with Gasteiger partial charge in [-0.05, 0) is 18.1 Å². The average Bonchev–Trinajstić information content (AvgIpc) is 2.27. The van der Waals surface area contributed by atoms with Crippen LogP contribution in [0.15, 0.2) is 24.3 Å². The zero-order chi connectivity index (χ0) is 11.4. The Labute approximate surface area is 88.1 Å². The van der Waals surface area contributed by atoms with Crippen molar-refractivity contribution < 1.29 is 19.7 Å². The third-order valence-corrected chi connectivity index (χ3v) is 2.32. The summed E-state index contributed by atoms with van der Waals surface area (Å²) < 4.78 is 5.10. The van der Waals surface area contributed by atoms with Gasteiger partial charge in [0.25, 0.3) is 0 Å². The van der Waals surface area contributed by atoms with Gasteiger partial charge in [-0.25, -0.2) is 4.79 Å². The van der Waals surface area contributed by atoms with E-state index in [0.717, 1.165) is 0 Å². The molecule has 1 aromatic carbocycles. The van der Waals surface area contributed by atoms with Crippen molar-refractivity contribution in [3.8, 4) is 0 Å². The lowest BCUT2D eigenvalue weighted by Crippen LogP contribution is -2.14. The van der Waals surface area contributed by atoms with Crippen LogP contribution < -0.4 is 0 Å². The summed E-state index contributed by atoms with van der Waals surface area (Å²) in [4.78, 5) is 10.7. The number of hydrogen-bond acceptors (Lipinski definition) is 3. The Balaban J connectivity index is 3.11. The summed E-state index contributed by atoms with van der Waals surface area (Å²) in [6.45, 7) is 1.80. The number of benzene rings is 1. The monoisotopic (exact) mass is 210 g/mol. The van der Waals surface area contributed by atoms with Gasteiger partial charge in [0.1, 0.15) is 0 Å². The summed E-state index contributed by atoms with van der Waals surface area (Å²) in [5, 5.41) is 18.2. The Morgan fingerprint density at radius 3 is 2.33 bits per heavy atom. The van der Waals surface area contributed by atoms with Crippen molar-refractivity contribution >= 4 is 5.97 Å². The van der Waals surface area contributed by atoms with E-state index >= 15 is 0 Å². The number of aliphatic hydroxyl groups excluding tert-OH is 1. The molecule has 0 aromatic heterocycles. The van der Waals surface area contributed by atoms with Crippen LogP contribution in [0, 0.1) is 0 Å². The van der Waals surface area contributed by atoms with Crippen LogP contribution >= 0.6 is 0 Å². The minimum atomic E-state index is -1.50. The fourth-order valence-electron chi connectivity index (χ4n) is 1.39. The van der Waals surface area contributed by atoms with E-state index < -0.39 is 12.1 Å². The van der Waals surface area contributed by atoms with Gasteiger partial charge in [0.2, 0.25) is 0 Å². The molecule has 0 aliphatic rings. The molecule has 1 aromatic rings. The van der Waals surface area contributed by atoms with Crippen LogP contribution in [-0.2, 0) is 9.53 Å². The Kier molecular flexibility index (Phi) is 3.82. The van der Waals surface area contributed by atoms with Gasteiger partial charge in [-0.1, -0.05) is 24.3 Å². The normalized spacial score (nSPS) is 14.6. The highest BCUT2D eigenvalue weighted by molar-refractivity contribution is 5.74. The first-order valence-corrected chi connectivity index (χ1v) is 4.60. The first-order chi connectivity index (χ1) is 7.07. The van der Waals surface area contributed by atoms with E-state index in [0.29, 0.717) is 11.1 Å². The fourth-order valence-corrected chi connectivity index (χ4v) is 1.39. The van der Waals surface area contributed by atoms with Gasteiger partial charge < -0.3 is 14.9 Å². The van der Waals surface area contributed by atoms with Crippen molar-refractivity contribution in [1.82, 2.24) is 0 Å². The van der Waals surface area contributed by atoms with Crippen molar-refractivity contribution in [2.75, 3.05) is 7.11 Å². The smallest absolute Gasteiger partial charge is 0.337 e. The molecule has 0 aliphatic heterocycles. The van der Waals surface area contributed by atoms with Gasteiger partial charge in [0, 0.05) is 7.11 Å². The van der Waals surface area contributed by atoms with Gasteiger partial charge in [0.15, 0.2) is 6.10 Å². The van der Waals surface area contributed by atoms with E-state index in [4.69, 9.17) is 9.84 Å². The van der Waals surface area contributed by atoms with Crippen LogP contribution in [-0.4, -0.2) is 23.3 Å². The minimum absolute atomic E-state index is 0.241. The maximum Gasteiger partial charge on any atom is 0.337 e. The van der Waals surface area contributed by atoms with Crippen molar-refractivity contribution in [1.29, 1.82) is 0 Å². The van der Waals surface area contributed by atoms with Crippen molar-refractivity contribution in [3.05, 3.63) is 35.4 Å². The Hall–Kier alpha value is -1.39. The average molecular weight is 210 g/mol. The van der Waals surface area contributed by atoms with E-state index in [9.17, 15) is 9.90 Å². The minimum Gasteiger partial charge on any atom is -0.479 e. The van der Waals surface area contributed by atoms with Gasteiger partial charge in [0.05, 0.1) is 6.10 Å². The van der Waals surface area contributed by atoms with E-state index in [2.05, 4.69) is 0 Å². The van der Waals surface area contributed by atoms with Crippen LogP contribution in [0.25, 0.3) is 0 Å². The molecule has 0 radical (unpaired) electrons. The topological polar surface area (TPSA) is 66.8 Å². The molecule has 0 heterocycles. The van der Waals surface area contributed by atoms with Crippen LogP contribution in [0.1, 0.15) is 30.3 Å². The Morgan fingerprint density at radius 1 is 1.33 bits per heavy atom. The van der Waals surface area contributed by atoms with Crippen LogP contribution in [0.3, 0.4) is 0 Å². The van der Waals surface area contributed by atoms with Crippen molar-refractivity contribution in [2.45, 2.75) is 19.1 Å². The molecule has 4 heteroatoms. The van der Waals surface area contributed by atoms with Crippen LogP contribution in [0.2, 0.25) is 0 Å². The maximum absolute atomic E-state index is 10.7. The molecule has 0 spiro atoms. The molecule has 0 saturated carbocycles. The summed E-state index contributed by atoms with van der Waals surface area (Å²) in [6.07, 6.45) is -1.74. The molecule has 0 fully saturated rings. The summed E-state index contributed by atoms with van der Waals surface area (Å²) in [7, 11) is 1.54. The third-order valence-electron chi connectivity index (χ3n) is 2.32. The lowest BCUT2D eigenvalue weighted by molar-refractivity contribution is -0.147. The van der Waals surface area contributed by atoms with Crippen LogP contribution in [0.4, 0.5) is 0 Å². The summed E-state index contributed by atoms with van der Waals surface area (Å²) in [5.41, 5.74) is 1.06. The molecule has 4 nitrogen and oxygen atoms in total. The molecule has 0 bridgehead atoms. The SMILES string of the molecule is COC(C)c1ccccc1C(O)C(=O)O. The van der Waals surface area contributed by atoms with Crippen molar-refractivity contribution in [2.24, 2.45) is 0 Å². The summed E-state index contributed by atoms with van der Waals surface area (Å²) in [5.74, 6) is -1.26. The number of carboxylic acid groups (broad SMARTS) is 1. The number of carboxylic acids is 1. The molecule has 0 aliphatic carbocycles. The molecule has 1 rings (SSSR count). The zero-order valence-electron chi connectivity index (χ0n) is 8.68. The zero-order valence-corrected chi connectivity index (χ0v) is 8.68. The quantitative estimate of drug-likeness (QED) is 0.790. The molecule has 2 N–H and O–H groups in total. The van der Waals surface area contributed by atoms with Gasteiger partial charge in [-0.3, -0.25) is 0 Å². The second-order valence-electron chi connectivity index (χ2n) is 3.25. The van der Waals surface area contributed by atoms with E-state index in [1.165, 1.54) is 7.11 Å². The highest BCUT2D eigenvalue weighted by Gasteiger charge is 2.21. The van der Waals surface area contributed by atoms with Crippen molar-refractivity contribution in [3.63, 3.8) is 0 Å². The van der Waals surface area contributed by atoms with E-state index in [1.807, 2.05) is 0 Å². The molecule has 0 saturated heterocycles. The number of carbonyl (C=O) groups is 1. The molecular formula is C11H14O4. The second-order valence-corrected chi connectivity index (χ2v) is 3.25. The number of hydrogen-bond donors (Lipinski definition) is 2. The first-order valence-electron chi connectivity index (χ1n) is 4.60. The van der Waals surface area contributed by atoms with E-state index in [-0.39, 0.29) is 6.10 Å². The second kappa shape index (κ2) is 4.91. The molecule has 15 heavy (non-hydrogen) atoms. The van der Waals surface area contributed by atoms with Crippen LogP contribution in [0.5, 0.6) is 0 Å². The number of aliphatic hydroxyl groups is 1. The molecule has 82 valence electrons. The van der Waals surface area contributed by atoms with Gasteiger partial charge in [-0.15, -0.1) is 0 Å². The first kappa shape index (κ1) is 11.7. The largest absolute Gasteiger partial charge is 0.479 e.